The van der Waals surface area contributed by atoms with Crippen LogP contribution in [0.3, 0.4) is 0 Å². The second kappa shape index (κ2) is 5.12. The number of hydrogen-bond donors (Lipinski definition) is 1. The van der Waals surface area contributed by atoms with Crippen LogP contribution in [-0.2, 0) is 16.0 Å². The van der Waals surface area contributed by atoms with E-state index in [0.29, 0.717) is 0 Å². The summed E-state index contributed by atoms with van der Waals surface area (Å²) in [5.41, 5.74) is -0.0338. The molecule has 0 aliphatic rings. The molecular weight excluding hydrogens is 213 g/mol. The molecule has 0 radical (unpaired) electrons. The third-order valence-corrected chi connectivity index (χ3v) is 1.93. The average molecular weight is 223 g/mol. The molecule has 1 rings (SSSR count). The molecule has 1 aromatic carbocycles. The number of phenols is 1. The van der Waals surface area contributed by atoms with E-state index in [9.17, 15) is 14.3 Å². The molecule has 0 fully saturated rings. The van der Waals surface area contributed by atoms with E-state index in [1.165, 1.54) is 0 Å². The summed E-state index contributed by atoms with van der Waals surface area (Å²) in [6.45, 7) is 1.86. The number of carbonyl (C=O) groups is 1. The lowest BCUT2D eigenvalue weighted by molar-refractivity contribution is -0.142. The van der Waals surface area contributed by atoms with Crippen LogP contribution in [0.4, 0.5) is 4.39 Å². The molecule has 1 N–H and O–H groups in total. The van der Waals surface area contributed by atoms with E-state index < -0.39 is 17.5 Å². The monoisotopic (exact) mass is 223 g/mol. The maximum Gasteiger partial charge on any atom is 0.310 e. The molecule has 0 bridgehead atoms. The third-order valence-electron chi connectivity index (χ3n) is 1.93. The van der Waals surface area contributed by atoms with Crippen molar-refractivity contribution in [1.29, 1.82) is 5.26 Å². The Morgan fingerprint density at radius 3 is 2.88 bits per heavy atom. The SMILES string of the molecule is CCOC(=O)Cc1cc(C#N)c(O)cc1F. The lowest BCUT2D eigenvalue weighted by Gasteiger charge is -2.05. The normalized spacial score (nSPS) is 9.56. The second-order valence-electron chi connectivity index (χ2n) is 3.05. The van der Waals surface area contributed by atoms with Crippen molar-refractivity contribution in [1.82, 2.24) is 0 Å². The first-order valence-electron chi connectivity index (χ1n) is 4.65. The van der Waals surface area contributed by atoms with Crippen LogP contribution >= 0.6 is 0 Å². The highest BCUT2D eigenvalue weighted by atomic mass is 19.1. The van der Waals surface area contributed by atoms with Crippen LogP contribution in [-0.4, -0.2) is 17.7 Å². The van der Waals surface area contributed by atoms with Gasteiger partial charge in [-0.2, -0.15) is 5.26 Å². The number of aromatic hydroxyl groups is 1. The number of esters is 1. The average Bonchev–Trinajstić information content (AvgIpc) is 2.22. The topological polar surface area (TPSA) is 70.3 Å². The molecule has 4 nitrogen and oxygen atoms in total. The van der Waals surface area contributed by atoms with Gasteiger partial charge in [-0.1, -0.05) is 0 Å². The van der Waals surface area contributed by atoms with Crippen molar-refractivity contribution in [3.05, 3.63) is 29.1 Å². The first-order chi connectivity index (χ1) is 7.58. The van der Waals surface area contributed by atoms with Gasteiger partial charge < -0.3 is 9.84 Å². The fourth-order valence-electron chi connectivity index (χ4n) is 1.20. The largest absolute Gasteiger partial charge is 0.506 e. The van der Waals surface area contributed by atoms with Gasteiger partial charge >= 0.3 is 5.97 Å². The van der Waals surface area contributed by atoms with Crippen molar-refractivity contribution >= 4 is 5.97 Å². The number of nitrogens with zero attached hydrogens (tertiary/aromatic N) is 1. The van der Waals surface area contributed by atoms with E-state index in [2.05, 4.69) is 4.74 Å². The Kier molecular flexibility index (Phi) is 3.84. The lowest BCUT2D eigenvalue weighted by Crippen LogP contribution is -2.09. The maximum absolute atomic E-state index is 13.3. The van der Waals surface area contributed by atoms with Crippen LogP contribution in [0.1, 0.15) is 18.1 Å². The van der Waals surface area contributed by atoms with Gasteiger partial charge in [-0.15, -0.1) is 0 Å². The zero-order chi connectivity index (χ0) is 12.1. The lowest BCUT2D eigenvalue weighted by atomic mass is 10.1. The predicted octanol–water partition coefficient (Wildman–Crippen LogP) is 1.51. The van der Waals surface area contributed by atoms with Gasteiger partial charge in [0.2, 0.25) is 0 Å². The number of ether oxygens (including phenoxy) is 1. The Hall–Kier alpha value is -2.09. The van der Waals surface area contributed by atoms with E-state index in [4.69, 9.17) is 5.26 Å². The molecule has 0 aliphatic carbocycles. The van der Waals surface area contributed by atoms with E-state index in [1.807, 2.05) is 0 Å². The summed E-state index contributed by atoms with van der Waals surface area (Å²) >= 11 is 0. The molecule has 0 heterocycles. The van der Waals surface area contributed by atoms with E-state index >= 15 is 0 Å². The molecule has 0 aromatic heterocycles. The first-order valence-corrected chi connectivity index (χ1v) is 4.65. The molecular formula is C11H10FNO3. The molecule has 0 saturated carbocycles. The van der Waals surface area contributed by atoms with Gasteiger partial charge in [-0.3, -0.25) is 4.79 Å². The van der Waals surface area contributed by atoms with Gasteiger partial charge in [0, 0.05) is 11.6 Å². The highest BCUT2D eigenvalue weighted by molar-refractivity contribution is 5.73. The molecule has 0 unspecified atom stereocenters. The van der Waals surface area contributed by atoms with Crippen molar-refractivity contribution in [3.8, 4) is 11.8 Å². The number of hydrogen-bond acceptors (Lipinski definition) is 4. The fraction of sp³-hybridized carbons (Fsp3) is 0.273. The Bertz CT molecular complexity index is 451. The van der Waals surface area contributed by atoms with Crippen molar-refractivity contribution in [2.45, 2.75) is 13.3 Å². The van der Waals surface area contributed by atoms with Crippen LogP contribution in [0, 0.1) is 17.1 Å². The molecule has 0 saturated heterocycles. The number of rotatable bonds is 3. The van der Waals surface area contributed by atoms with E-state index in [0.717, 1.165) is 12.1 Å². The van der Waals surface area contributed by atoms with Crippen molar-refractivity contribution in [2.75, 3.05) is 6.61 Å². The summed E-state index contributed by atoms with van der Waals surface area (Å²) in [5, 5.41) is 17.8. The van der Waals surface area contributed by atoms with Crippen LogP contribution < -0.4 is 0 Å². The molecule has 16 heavy (non-hydrogen) atoms. The van der Waals surface area contributed by atoms with Crippen LogP contribution in [0.5, 0.6) is 5.75 Å². The fourth-order valence-corrected chi connectivity index (χ4v) is 1.20. The van der Waals surface area contributed by atoms with Gasteiger partial charge in [0.05, 0.1) is 18.6 Å². The van der Waals surface area contributed by atoms with Crippen molar-refractivity contribution in [3.63, 3.8) is 0 Å². The predicted molar refractivity (Wildman–Crippen MR) is 53.1 cm³/mol. The zero-order valence-electron chi connectivity index (χ0n) is 8.66. The minimum atomic E-state index is -0.732. The van der Waals surface area contributed by atoms with Crippen LogP contribution in [0.15, 0.2) is 12.1 Å². The Balaban J connectivity index is 2.97. The smallest absolute Gasteiger partial charge is 0.310 e. The highest BCUT2D eigenvalue weighted by Gasteiger charge is 2.12. The quantitative estimate of drug-likeness (QED) is 0.788. The molecule has 1 aromatic rings. The maximum atomic E-state index is 13.3. The second-order valence-corrected chi connectivity index (χ2v) is 3.05. The Labute approximate surface area is 91.9 Å². The molecule has 5 heteroatoms. The summed E-state index contributed by atoms with van der Waals surface area (Å²) < 4.78 is 17.9. The summed E-state index contributed by atoms with van der Waals surface area (Å²) in [6, 6.07) is 3.65. The Morgan fingerprint density at radius 1 is 1.62 bits per heavy atom. The molecule has 0 amide bonds. The van der Waals surface area contributed by atoms with Gasteiger partial charge in [-0.05, 0) is 13.0 Å². The van der Waals surface area contributed by atoms with Crippen LogP contribution in [0.25, 0.3) is 0 Å². The number of phenolic OH excluding ortho intramolecular Hbond substituents is 1. The first kappa shape index (κ1) is 12.0. The van der Waals surface area contributed by atoms with Gasteiger partial charge in [0.1, 0.15) is 17.6 Å². The van der Waals surface area contributed by atoms with Gasteiger partial charge in [0.15, 0.2) is 0 Å². The van der Waals surface area contributed by atoms with Gasteiger partial charge in [0.25, 0.3) is 0 Å². The van der Waals surface area contributed by atoms with Gasteiger partial charge in [-0.25, -0.2) is 4.39 Å². The summed E-state index contributed by atoms with van der Waals surface area (Å²) in [4.78, 5) is 11.1. The molecule has 0 atom stereocenters. The van der Waals surface area contributed by atoms with Crippen LogP contribution in [0.2, 0.25) is 0 Å². The van der Waals surface area contributed by atoms with E-state index in [-0.39, 0.29) is 24.2 Å². The summed E-state index contributed by atoms with van der Waals surface area (Å²) in [6.07, 6.45) is -0.255. The van der Waals surface area contributed by atoms with Crippen molar-refractivity contribution < 1.29 is 19.0 Å². The highest BCUT2D eigenvalue weighted by Crippen LogP contribution is 2.21. The number of nitriles is 1. The minimum absolute atomic E-state index is 0.0350. The number of halogens is 1. The third kappa shape index (κ3) is 2.70. The number of benzene rings is 1. The Morgan fingerprint density at radius 2 is 2.31 bits per heavy atom. The number of carbonyl (C=O) groups excluding carboxylic acids is 1. The summed E-state index contributed by atoms with van der Waals surface area (Å²) in [7, 11) is 0. The van der Waals surface area contributed by atoms with Crippen molar-refractivity contribution in [2.24, 2.45) is 0 Å². The zero-order valence-corrected chi connectivity index (χ0v) is 8.66. The molecule has 0 aliphatic heterocycles. The minimum Gasteiger partial charge on any atom is -0.506 e. The van der Waals surface area contributed by atoms with E-state index in [1.54, 1.807) is 13.0 Å². The molecule has 0 spiro atoms. The standard InChI is InChI=1S/C11H10FNO3/c1-2-16-11(15)4-7-3-8(6-13)10(14)5-9(7)12/h3,5,14H,2,4H2,1H3. The molecule has 84 valence electrons. The summed E-state index contributed by atoms with van der Waals surface area (Å²) in [5.74, 6) is -1.74.